The van der Waals surface area contributed by atoms with E-state index >= 15 is 0 Å². The van der Waals surface area contributed by atoms with Crippen LogP contribution in [0.25, 0.3) is 0 Å². The smallest absolute Gasteiger partial charge is 0 e. The monoisotopic (exact) mass is 364 g/mol. The number of hydrogen-bond acceptors (Lipinski definition) is 0. The van der Waals surface area contributed by atoms with Crippen LogP contribution < -0.4 is 0 Å². The molecule has 0 atom stereocenters. The van der Waals surface area contributed by atoms with Crippen molar-refractivity contribution in [2.75, 3.05) is 0 Å². The molecule has 0 bridgehead atoms. The van der Waals surface area contributed by atoms with Crippen molar-refractivity contribution in [1.82, 2.24) is 0 Å². The van der Waals surface area contributed by atoms with E-state index in [2.05, 4.69) is 0 Å². The molecule has 4 heavy (non-hydrogen) atoms. The van der Waals surface area contributed by atoms with Crippen molar-refractivity contribution in [2.45, 2.75) is 0 Å². The zero-order valence-corrected chi connectivity index (χ0v) is 11.2. The fourth-order valence-corrected chi connectivity index (χ4v) is 0. The molecule has 0 heterocycles. The minimum absolute atomic E-state index is 0. The third-order valence-corrected chi connectivity index (χ3v) is 0. The number of hydrogen-bond donors (Lipinski definition) is 0. The van der Waals surface area contributed by atoms with Crippen LogP contribution in [0, 0.1) is 0 Å². The fourth-order valence-electron chi connectivity index (χ4n) is 0. The van der Waals surface area contributed by atoms with Crippen LogP contribution in [0.15, 0.2) is 0 Å². The first kappa shape index (κ1) is 31.2. The predicted octanol–water partition coefficient (Wildman–Crippen LogP) is -2.37. The third-order valence-electron chi connectivity index (χ3n) is 0. The van der Waals surface area contributed by atoms with Crippen LogP contribution >= 0.6 is 0 Å². The molecule has 0 unspecified atom stereocenters. The summed E-state index contributed by atoms with van der Waals surface area (Å²) in [4.78, 5) is 0. The summed E-state index contributed by atoms with van der Waals surface area (Å²) in [6.07, 6.45) is 0. The van der Waals surface area contributed by atoms with Gasteiger partial charge in [-0.15, -0.1) is 0 Å². The standard InChI is InChI=1S/Al.Bi.Ni.Zn.6H. The molecule has 0 amide bonds. The molecule has 0 aliphatic heterocycles. The average Bonchev–Trinajstić information content (AvgIpc) is 0. The van der Waals surface area contributed by atoms with E-state index in [-0.39, 0.29) is 79.5 Å². The first-order valence-electron chi connectivity index (χ1n) is 0. The van der Waals surface area contributed by atoms with Gasteiger partial charge >= 0.3 is 26.2 Å². The molecule has 0 rings (SSSR count). The maximum absolute atomic E-state index is 0. The van der Waals surface area contributed by atoms with E-state index in [1.54, 1.807) is 0 Å². The Bertz CT molecular complexity index is 8.00. The van der Waals surface area contributed by atoms with Gasteiger partial charge in [0.2, 0.25) is 0 Å². The van der Waals surface area contributed by atoms with E-state index in [9.17, 15) is 0 Å². The largest absolute Gasteiger partial charge is 0 e. The maximum atomic E-state index is 0. The molecular formula is H6AlBiNiZn. The SMILES string of the molecule is [AlH3].[BiH3].[Ni].[Zn]. The van der Waals surface area contributed by atoms with E-state index in [0.717, 1.165) is 0 Å². The second-order valence-corrected chi connectivity index (χ2v) is 0. The summed E-state index contributed by atoms with van der Waals surface area (Å²) in [5.41, 5.74) is 0. The van der Waals surface area contributed by atoms with Crippen LogP contribution in [0.2, 0.25) is 0 Å². The molecule has 0 aliphatic rings. The van der Waals surface area contributed by atoms with Crippen LogP contribution in [-0.2, 0) is 36.0 Å². The Kier molecular flexibility index (Phi) is 138. The van der Waals surface area contributed by atoms with Crippen molar-refractivity contribution in [3.8, 4) is 0 Å². The molecule has 4 heteroatoms. The van der Waals surface area contributed by atoms with Crippen molar-refractivity contribution in [3.05, 3.63) is 0 Å². The van der Waals surface area contributed by atoms with E-state index in [1.807, 2.05) is 0 Å². The second kappa shape index (κ2) is 17.7. The van der Waals surface area contributed by atoms with Gasteiger partial charge in [-0.3, -0.25) is 0 Å². The van der Waals surface area contributed by atoms with Gasteiger partial charge in [0.15, 0.2) is 17.4 Å². The van der Waals surface area contributed by atoms with Gasteiger partial charge in [-0.2, -0.15) is 0 Å². The molecule has 0 spiro atoms. The molecular weight excluding hydrogens is 360 g/mol. The minimum atomic E-state index is 0. The van der Waals surface area contributed by atoms with E-state index in [4.69, 9.17) is 0 Å². The van der Waals surface area contributed by atoms with Gasteiger partial charge in [0.25, 0.3) is 0 Å². The molecule has 0 aliphatic carbocycles. The second-order valence-electron chi connectivity index (χ2n) is 0. The van der Waals surface area contributed by atoms with Crippen LogP contribution in [0.3, 0.4) is 0 Å². The van der Waals surface area contributed by atoms with E-state index in [0.29, 0.717) is 0 Å². The summed E-state index contributed by atoms with van der Waals surface area (Å²) in [6, 6.07) is 0. The average molecular weight is 366 g/mol. The van der Waals surface area contributed by atoms with Crippen LogP contribution in [0.1, 0.15) is 0 Å². The Balaban J connectivity index is 0. The molecule has 0 aromatic carbocycles. The fraction of sp³-hybridized carbons (Fsp3) is 0. The Hall–Kier alpha value is 2.53. The summed E-state index contributed by atoms with van der Waals surface area (Å²) < 4.78 is 0. The Morgan fingerprint density at radius 3 is 1.00 bits per heavy atom. The molecule has 0 N–H and O–H groups in total. The quantitative estimate of drug-likeness (QED) is 0.421. The van der Waals surface area contributed by atoms with Crippen LogP contribution in [0.4, 0.5) is 0 Å². The maximum Gasteiger partial charge on any atom is 0 e. The van der Waals surface area contributed by atoms with Crippen molar-refractivity contribution >= 4 is 43.6 Å². The summed E-state index contributed by atoms with van der Waals surface area (Å²) in [7, 11) is 0. The summed E-state index contributed by atoms with van der Waals surface area (Å²) >= 11 is 0. The van der Waals surface area contributed by atoms with E-state index in [1.165, 1.54) is 0 Å². The van der Waals surface area contributed by atoms with Gasteiger partial charge < -0.3 is 0 Å². The molecule has 26 valence electrons. The number of rotatable bonds is 0. The minimum Gasteiger partial charge on any atom is 0 e. The predicted molar refractivity (Wildman–Crippen MR) is 19.9 cm³/mol. The molecule has 0 aromatic heterocycles. The van der Waals surface area contributed by atoms with Crippen LogP contribution in [0.5, 0.6) is 0 Å². The molecule has 0 saturated heterocycles. The molecule has 0 saturated carbocycles. The van der Waals surface area contributed by atoms with Gasteiger partial charge in [0.1, 0.15) is 0 Å². The van der Waals surface area contributed by atoms with Crippen molar-refractivity contribution < 1.29 is 36.0 Å². The Morgan fingerprint density at radius 1 is 1.00 bits per heavy atom. The molecule has 0 aromatic rings. The summed E-state index contributed by atoms with van der Waals surface area (Å²) in [5, 5.41) is 0. The van der Waals surface area contributed by atoms with Gasteiger partial charge in [-0.25, -0.2) is 0 Å². The Labute approximate surface area is 78.4 Å². The molecule has 0 radical (unpaired) electrons. The van der Waals surface area contributed by atoms with E-state index < -0.39 is 0 Å². The molecule has 0 nitrogen and oxygen atoms in total. The third kappa shape index (κ3) is 8.82. The van der Waals surface area contributed by atoms with Crippen molar-refractivity contribution in [2.24, 2.45) is 0 Å². The Morgan fingerprint density at radius 2 is 1.00 bits per heavy atom. The van der Waals surface area contributed by atoms with Crippen molar-refractivity contribution in [3.63, 3.8) is 0 Å². The zero-order chi connectivity index (χ0) is 0. The van der Waals surface area contributed by atoms with Crippen molar-refractivity contribution in [1.29, 1.82) is 0 Å². The summed E-state index contributed by atoms with van der Waals surface area (Å²) in [5.74, 6) is 0. The first-order valence-corrected chi connectivity index (χ1v) is 0. The van der Waals surface area contributed by atoms with Gasteiger partial charge in [0, 0.05) is 36.0 Å². The normalized spacial score (nSPS) is 0. The topological polar surface area (TPSA) is 0 Å². The zero-order valence-electron chi connectivity index (χ0n) is 1.73. The van der Waals surface area contributed by atoms with Gasteiger partial charge in [-0.05, 0) is 0 Å². The van der Waals surface area contributed by atoms with Crippen LogP contribution in [-0.4, -0.2) is 43.6 Å². The van der Waals surface area contributed by atoms with Gasteiger partial charge in [-0.1, -0.05) is 0 Å². The first-order chi connectivity index (χ1) is 0. The summed E-state index contributed by atoms with van der Waals surface area (Å²) in [6.45, 7) is 0. The molecule has 0 fully saturated rings. The van der Waals surface area contributed by atoms with Gasteiger partial charge in [0.05, 0.1) is 0 Å².